The van der Waals surface area contributed by atoms with E-state index in [1.165, 1.54) is 0 Å². The molecule has 0 aromatic heterocycles. The topological polar surface area (TPSA) is 28.0 Å². The zero-order valence-electron chi connectivity index (χ0n) is 8.74. The van der Waals surface area contributed by atoms with E-state index in [4.69, 9.17) is 0 Å². The highest BCUT2D eigenvalue weighted by atomic mass is 15.3. The van der Waals surface area contributed by atoms with Gasteiger partial charge in [-0.05, 0) is 18.2 Å². The molecule has 0 spiro atoms. The van der Waals surface area contributed by atoms with Gasteiger partial charge in [-0.15, -0.1) is 0 Å². The molecule has 0 N–H and O–H groups in total. The maximum Gasteiger partial charge on any atom is 0.229 e. The van der Waals surface area contributed by atoms with Gasteiger partial charge in [0.25, 0.3) is 0 Å². The average Bonchev–Trinajstić information content (AvgIpc) is 2.29. The van der Waals surface area contributed by atoms with Gasteiger partial charge in [0.15, 0.2) is 0 Å². The summed E-state index contributed by atoms with van der Waals surface area (Å²) in [7, 11) is 0. The highest BCUT2D eigenvalue weighted by Crippen LogP contribution is 2.03. The first-order valence-electron chi connectivity index (χ1n) is 5.25. The third kappa shape index (κ3) is 1.56. The summed E-state index contributed by atoms with van der Waals surface area (Å²) in [4.78, 5) is 10.9. The molecule has 0 atom stereocenters. The zero-order valence-corrected chi connectivity index (χ0v) is 8.74. The minimum absolute atomic E-state index is 0.703. The fourth-order valence-corrected chi connectivity index (χ4v) is 1.73. The van der Waals surface area contributed by atoms with E-state index in [1.54, 1.807) is 0 Å². The van der Waals surface area contributed by atoms with Crippen LogP contribution < -0.4 is 10.6 Å². The summed E-state index contributed by atoms with van der Waals surface area (Å²) >= 11 is 0. The van der Waals surface area contributed by atoms with E-state index in [0.29, 0.717) is 6.54 Å². The normalized spacial score (nSPS) is 23.5. The van der Waals surface area contributed by atoms with Crippen molar-refractivity contribution in [3.05, 3.63) is 59.4 Å². The lowest BCUT2D eigenvalue weighted by molar-refractivity contribution is 0.719. The Balaban J connectivity index is 2.26. The molecule has 0 saturated carbocycles. The van der Waals surface area contributed by atoms with E-state index in [-0.39, 0.29) is 0 Å². The number of fused-ring (bicyclic) bond motifs is 2. The highest BCUT2D eigenvalue weighted by molar-refractivity contribution is 5.84. The Morgan fingerprint density at radius 1 is 1.12 bits per heavy atom. The monoisotopic (exact) mass is 209 g/mol. The maximum absolute atomic E-state index is 4.56. The number of guanidine groups is 1. The van der Waals surface area contributed by atoms with Crippen molar-refractivity contribution in [2.45, 2.75) is 0 Å². The number of allylic oxidation sites excluding steroid dienone is 1. The predicted molar refractivity (Wildman–Crippen MR) is 64.1 cm³/mol. The molecule has 2 aliphatic rings. The van der Waals surface area contributed by atoms with Crippen LogP contribution in [0.25, 0.3) is 6.08 Å². The number of rotatable bonds is 0. The Labute approximate surface area is 93.5 Å². The van der Waals surface area contributed by atoms with E-state index < -0.39 is 0 Å². The molecule has 0 unspecified atom stereocenters. The Morgan fingerprint density at radius 3 is 3.06 bits per heavy atom. The van der Waals surface area contributed by atoms with Crippen molar-refractivity contribution >= 4 is 12.0 Å². The van der Waals surface area contributed by atoms with E-state index in [1.807, 2.05) is 47.7 Å². The lowest BCUT2D eigenvalue weighted by Gasteiger charge is -2.17. The van der Waals surface area contributed by atoms with E-state index in [2.05, 4.69) is 22.1 Å². The largest absolute Gasteiger partial charge is 0.293 e. The molecule has 1 aromatic carbocycles. The highest BCUT2D eigenvalue weighted by Gasteiger charge is 2.07. The quantitative estimate of drug-likeness (QED) is 0.621. The van der Waals surface area contributed by atoms with Gasteiger partial charge in [-0.2, -0.15) is 0 Å². The molecule has 0 bridgehead atoms. The first kappa shape index (κ1) is 9.09. The van der Waals surface area contributed by atoms with Crippen molar-refractivity contribution in [2.75, 3.05) is 6.54 Å². The van der Waals surface area contributed by atoms with Crippen LogP contribution in [0.2, 0.25) is 0 Å². The minimum atomic E-state index is 0.703. The van der Waals surface area contributed by atoms with Crippen LogP contribution in [0.3, 0.4) is 0 Å². The van der Waals surface area contributed by atoms with Gasteiger partial charge in [0.1, 0.15) is 0 Å². The molecule has 0 amide bonds. The average molecular weight is 209 g/mol. The molecular formula is C13H11N3. The third-order valence-corrected chi connectivity index (χ3v) is 2.51. The summed E-state index contributed by atoms with van der Waals surface area (Å²) in [5.41, 5.74) is 0. The van der Waals surface area contributed by atoms with E-state index >= 15 is 0 Å². The maximum atomic E-state index is 4.56. The lowest BCUT2D eigenvalue weighted by atomic mass is 10.2. The first-order chi connectivity index (χ1) is 7.93. The number of aliphatic imine (C=N–C) groups is 1. The number of hydrogen-bond acceptors (Lipinski definition) is 3. The van der Waals surface area contributed by atoms with Gasteiger partial charge in [0.2, 0.25) is 5.96 Å². The Bertz CT molecular complexity index is 608. The van der Waals surface area contributed by atoms with Crippen molar-refractivity contribution in [3.8, 4) is 0 Å². The molecule has 0 saturated heterocycles. The molecule has 0 aliphatic carbocycles. The van der Waals surface area contributed by atoms with Gasteiger partial charge in [0.05, 0.1) is 11.9 Å². The summed E-state index contributed by atoms with van der Waals surface area (Å²) in [6.07, 6.45) is 10.0. The number of benzene rings is 1. The molecular weight excluding hydrogens is 198 g/mol. The second-order valence-electron chi connectivity index (χ2n) is 3.61. The van der Waals surface area contributed by atoms with Crippen molar-refractivity contribution in [1.82, 2.24) is 4.90 Å². The second-order valence-corrected chi connectivity index (χ2v) is 3.61. The van der Waals surface area contributed by atoms with Crippen LogP contribution in [0.5, 0.6) is 0 Å². The first-order valence-corrected chi connectivity index (χ1v) is 5.25. The fraction of sp³-hybridized carbons (Fsp3) is 0.0769. The van der Waals surface area contributed by atoms with Crippen LogP contribution in [-0.2, 0) is 0 Å². The van der Waals surface area contributed by atoms with Crippen molar-refractivity contribution in [2.24, 2.45) is 9.98 Å². The number of nitrogens with zero attached hydrogens (tertiary/aromatic N) is 3. The van der Waals surface area contributed by atoms with Gasteiger partial charge in [-0.3, -0.25) is 4.90 Å². The molecule has 3 nitrogen and oxygen atoms in total. The Morgan fingerprint density at radius 2 is 2.06 bits per heavy atom. The van der Waals surface area contributed by atoms with Gasteiger partial charge in [-0.1, -0.05) is 24.3 Å². The lowest BCUT2D eigenvalue weighted by Crippen LogP contribution is -2.31. The van der Waals surface area contributed by atoms with Crippen molar-refractivity contribution < 1.29 is 0 Å². The van der Waals surface area contributed by atoms with Gasteiger partial charge in [0, 0.05) is 17.6 Å². The smallest absolute Gasteiger partial charge is 0.229 e. The van der Waals surface area contributed by atoms with Crippen LogP contribution in [0, 0.1) is 0 Å². The van der Waals surface area contributed by atoms with E-state index in [0.717, 1.165) is 16.5 Å². The van der Waals surface area contributed by atoms with Gasteiger partial charge in [-0.25, -0.2) is 9.98 Å². The molecule has 2 aliphatic heterocycles. The molecule has 0 radical (unpaired) electrons. The summed E-state index contributed by atoms with van der Waals surface area (Å²) < 4.78 is 0. The third-order valence-electron chi connectivity index (χ3n) is 2.51. The summed E-state index contributed by atoms with van der Waals surface area (Å²) in [5, 5.41) is 2.08. The van der Waals surface area contributed by atoms with Crippen LogP contribution in [0.4, 0.5) is 0 Å². The predicted octanol–water partition coefficient (Wildman–Crippen LogP) is 0.799. The number of hydrogen-bond donors (Lipinski definition) is 0. The summed E-state index contributed by atoms with van der Waals surface area (Å²) in [5.74, 6) is 0.749. The van der Waals surface area contributed by atoms with E-state index in [9.17, 15) is 0 Å². The molecule has 16 heavy (non-hydrogen) atoms. The molecule has 1 aromatic rings. The standard InChI is InChI=1S/C13H11N3/c1-2-7-12-11(5-1)6-3-9-16-10-4-8-14-13(16)15-12/h1-7,9-10H,8H2/b9-3-,11-6-,15-12-. The minimum Gasteiger partial charge on any atom is -0.293 e. The van der Waals surface area contributed by atoms with Crippen molar-refractivity contribution in [1.29, 1.82) is 0 Å². The fourth-order valence-electron chi connectivity index (χ4n) is 1.73. The zero-order chi connectivity index (χ0) is 10.8. The van der Waals surface area contributed by atoms with Gasteiger partial charge < -0.3 is 0 Å². The van der Waals surface area contributed by atoms with Crippen LogP contribution in [-0.4, -0.2) is 17.4 Å². The SMILES string of the molecule is C1=CN2\C=C/C=c3/cccc/c3=N/C2=NC1. The molecule has 3 heteroatoms. The van der Waals surface area contributed by atoms with Crippen LogP contribution in [0.1, 0.15) is 0 Å². The number of para-hydroxylation sites is 1. The Hall–Kier alpha value is -2.16. The second kappa shape index (κ2) is 3.77. The molecule has 0 fully saturated rings. The van der Waals surface area contributed by atoms with Crippen LogP contribution >= 0.6 is 0 Å². The van der Waals surface area contributed by atoms with Crippen molar-refractivity contribution in [3.63, 3.8) is 0 Å². The summed E-state index contributed by atoms with van der Waals surface area (Å²) in [6, 6.07) is 8.06. The van der Waals surface area contributed by atoms with Gasteiger partial charge >= 0.3 is 0 Å². The summed E-state index contributed by atoms with van der Waals surface area (Å²) in [6.45, 7) is 0.703. The molecule has 2 heterocycles. The Kier molecular flexibility index (Phi) is 2.14. The van der Waals surface area contributed by atoms with Crippen LogP contribution in [0.15, 0.2) is 58.8 Å². The molecule has 3 rings (SSSR count). The molecule has 78 valence electrons.